The predicted octanol–water partition coefficient (Wildman–Crippen LogP) is 1.53. The minimum atomic E-state index is -0.124. The molecule has 2 atom stereocenters. The Balaban J connectivity index is 1.64. The van der Waals surface area contributed by atoms with Gasteiger partial charge in [-0.1, -0.05) is 19.1 Å². The molecule has 0 unspecified atom stereocenters. The molecule has 1 aliphatic carbocycles. The van der Waals surface area contributed by atoms with Gasteiger partial charge in [0.25, 0.3) is 5.91 Å². The van der Waals surface area contributed by atoms with E-state index in [-0.39, 0.29) is 23.5 Å². The van der Waals surface area contributed by atoms with Crippen molar-refractivity contribution in [1.82, 2.24) is 25.6 Å². The van der Waals surface area contributed by atoms with Gasteiger partial charge in [0.05, 0.1) is 18.3 Å². The zero-order valence-corrected chi connectivity index (χ0v) is 14.9. The van der Waals surface area contributed by atoms with E-state index in [1.807, 2.05) is 4.68 Å². The third-order valence-corrected chi connectivity index (χ3v) is 6.12. The molecule has 1 aliphatic heterocycles. The summed E-state index contributed by atoms with van der Waals surface area (Å²) in [5.41, 5.74) is 0.450. The van der Waals surface area contributed by atoms with E-state index >= 15 is 0 Å². The van der Waals surface area contributed by atoms with E-state index in [1.165, 1.54) is 0 Å². The molecular weight excluding hydrogens is 306 g/mol. The minimum Gasteiger partial charge on any atom is -0.381 e. The van der Waals surface area contributed by atoms with Crippen LogP contribution in [0.5, 0.6) is 0 Å². The fourth-order valence-corrected chi connectivity index (χ4v) is 4.34. The lowest BCUT2D eigenvalue weighted by molar-refractivity contribution is -0.120. The van der Waals surface area contributed by atoms with Gasteiger partial charge >= 0.3 is 0 Å². The third kappa shape index (κ3) is 2.95. The highest BCUT2D eigenvalue weighted by Crippen LogP contribution is 2.48. The topological polar surface area (TPSA) is 81.1 Å². The van der Waals surface area contributed by atoms with Crippen molar-refractivity contribution in [3.05, 3.63) is 11.9 Å². The Kier molecular flexibility index (Phi) is 5.20. The Morgan fingerprint density at radius 1 is 1.42 bits per heavy atom. The van der Waals surface area contributed by atoms with Crippen LogP contribution in [0.3, 0.4) is 0 Å². The molecule has 1 aromatic rings. The zero-order valence-electron chi connectivity index (χ0n) is 14.9. The average Bonchev–Trinajstić information content (AvgIpc) is 3.10. The van der Waals surface area contributed by atoms with Crippen molar-refractivity contribution in [3.63, 3.8) is 0 Å². The van der Waals surface area contributed by atoms with Gasteiger partial charge in [-0.2, -0.15) is 0 Å². The van der Waals surface area contributed by atoms with Crippen molar-refractivity contribution in [2.75, 3.05) is 20.2 Å². The molecule has 1 amide bonds. The van der Waals surface area contributed by atoms with Crippen LogP contribution >= 0.6 is 0 Å². The summed E-state index contributed by atoms with van der Waals surface area (Å²) >= 11 is 0. The summed E-state index contributed by atoms with van der Waals surface area (Å²) < 4.78 is 7.44. The number of hydrogen-bond donors (Lipinski definition) is 2. The highest BCUT2D eigenvalue weighted by molar-refractivity contribution is 5.92. The molecule has 24 heavy (non-hydrogen) atoms. The van der Waals surface area contributed by atoms with Crippen molar-refractivity contribution < 1.29 is 9.53 Å². The van der Waals surface area contributed by atoms with Gasteiger partial charge in [0.15, 0.2) is 5.69 Å². The molecule has 0 radical (unpaired) electrons. The molecule has 3 rings (SSSR count). The van der Waals surface area contributed by atoms with Gasteiger partial charge in [-0.3, -0.25) is 4.79 Å². The van der Waals surface area contributed by atoms with Gasteiger partial charge in [0.1, 0.15) is 0 Å². The van der Waals surface area contributed by atoms with Crippen LogP contribution in [-0.4, -0.2) is 53.2 Å². The average molecular weight is 335 g/mol. The maximum Gasteiger partial charge on any atom is 0.273 e. The smallest absolute Gasteiger partial charge is 0.273 e. The van der Waals surface area contributed by atoms with Crippen LogP contribution in [0, 0.1) is 5.41 Å². The standard InChI is InChI=1S/C17H29N5O2/c1-4-17(5-2)14(10-15(17)24-3)19-16(23)13-11-22(21-20-13)12-6-8-18-9-7-12/h11-12,14-15,18H,4-10H2,1-3H3,(H,19,23)/t14-,15+/m0/s1. The van der Waals surface area contributed by atoms with Gasteiger partial charge in [0, 0.05) is 18.6 Å². The highest BCUT2D eigenvalue weighted by Gasteiger charge is 2.53. The Labute approximate surface area is 143 Å². The lowest BCUT2D eigenvalue weighted by atomic mass is 9.58. The third-order valence-electron chi connectivity index (χ3n) is 6.12. The van der Waals surface area contributed by atoms with Crippen molar-refractivity contribution in [2.24, 2.45) is 5.41 Å². The number of hydrogen-bond acceptors (Lipinski definition) is 5. The Morgan fingerprint density at radius 2 is 2.12 bits per heavy atom. The molecule has 2 N–H and O–H groups in total. The molecule has 0 aromatic carbocycles. The molecular formula is C17H29N5O2. The van der Waals surface area contributed by atoms with Crippen molar-refractivity contribution in [2.45, 2.75) is 64.1 Å². The summed E-state index contributed by atoms with van der Waals surface area (Å²) in [6.45, 7) is 6.31. The fourth-order valence-electron chi connectivity index (χ4n) is 4.34. The Morgan fingerprint density at radius 3 is 2.75 bits per heavy atom. The van der Waals surface area contributed by atoms with Crippen LogP contribution in [0.15, 0.2) is 6.20 Å². The number of nitrogens with one attached hydrogen (secondary N) is 2. The van der Waals surface area contributed by atoms with Gasteiger partial charge < -0.3 is 15.4 Å². The first-order valence-electron chi connectivity index (χ1n) is 9.10. The first kappa shape index (κ1) is 17.4. The molecule has 1 saturated carbocycles. The van der Waals surface area contributed by atoms with E-state index in [9.17, 15) is 4.79 Å². The quantitative estimate of drug-likeness (QED) is 0.824. The molecule has 2 aliphatic rings. The summed E-state index contributed by atoms with van der Waals surface area (Å²) in [5.74, 6) is -0.124. The fraction of sp³-hybridized carbons (Fsp3) is 0.824. The van der Waals surface area contributed by atoms with Crippen molar-refractivity contribution in [1.29, 1.82) is 0 Å². The normalized spacial score (nSPS) is 26.8. The number of piperidine rings is 1. The number of rotatable bonds is 6. The van der Waals surface area contributed by atoms with Crippen LogP contribution in [0.1, 0.15) is 62.5 Å². The number of amides is 1. The van der Waals surface area contributed by atoms with Gasteiger partial charge in [0.2, 0.25) is 0 Å². The second-order valence-electron chi connectivity index (χ2n) is 6.99. The molecule has 134 valence electrons. The SMILES string of the molecule is CCC1(CC)[C@@H](NC(=O)c2cn(C3CCNCC3)nn2)C[C@H]1OC. The van der Waals surface area contributed by atoms with Gasteiger partial charge in [-0.15, -0.1) is 5.10 Å². The Hall–Kier alpha value is -1.47. The van der Waals surface area contributed by atoms with E-state index in [2.05, 4.69) is 34.8 Å². The van der Waals surface area contributed by atoms with Crippen LogP contribution in [0.4, 0.5) is 0 Å². The monoisotopic (exact) mass is 335 g/mol. The highest BCUT2D eigenvalue weighted by atomic mass is 16.5. The lowest BCUT2D eigenvalue weighted by Gasteiger charge is -2.55. The number of methoxy groups -OCH3 is 1. The zero-order chi connectivity index (χ0) is 17.2. The van der Waals surface area contributed by atoms with E-state index in [4.69, 9.17) is 4.74 Å². The lowest BCUT2D eigenvalue weighted by Crippen LogP contribution is -2.64. The van der Waals surface area contributed by atoms with Crippen LogP contribution in [0.25, 0.3) is 0 Å². The molecule has 2 heterocycles. The molecule has 1 saturated heterocycles. The second kappa shape index (κ2) is 7.19. The van der Waals surface area contributed by atoms with E-state index in [1.54, 1.807) is 13.3 Å². The van der Waals surface area contributed by atoms with Gasteiger partial charge in [-0.25, -0.2) is 4.68 Å². The first-order valence-corrected chi connectivity index (χ1v) is 9.10. The molecule has 1 aromatic heterocycles. The number of aromatic nitrogens is 3. The molecule has 7 heteroatoms. The number of carbonyl (C=O) groups is 1. The summed E-state index contributed by atoms with van der Waals surface area (Å²) in [7, 11) is 1.76. The molecule has 0 bridgehead atoms. The van der Waals surface area contributed by atoms with Crippen molar-refractivity contribution >= 4 is 5.91 Å². The summed E-state index contributed by atoms with van der Waals surface area (Å²) in [6, 6.07) is 0.487. The predicted molar refractivity (Wildman–Crippen MR) is 90.8 cm³/mol. The first-order chi connectivity index (χ1) is 11.6. The minimum absolute atomic E-state index is 0.0371. The van der Waals surface area contributed by atoms with Crippen LogP contribution in [0.2, 0.25) is 0 Å². The number of ether oxygens (including phenoxy) is 1. The van der Waals surface area contributed by atoms with E-state index in [0.717, 1.165) is 45.2 Å². The largest absolute Gasteiger partial charge is 0.381 e. The molecule has 0 spiro atoms. The number of nitrogens with zero attached hydrogens (tertiary/aromatic N) is 3. The molecule has 2 fully saturated rings. The van der Waals surface area contributed by atoms with Crippen LogP contribution < -0.4 is 10.6 Å². The van der Waals surface area contributed by atoms with Crippen LogP contribution in [-0.2, 0) is 4.74 Å². The maximum atomic E-state index is 12.6. The Bertz CT molecular complexity index is 563. The maximum absolute atomic E-state index is 12.6. The van der Waals surface area contributed by atoms with Gasteiger partial charge in [-0.05, 0) is 45.2 Å². The summed E-state index contributed by atoms with van der Waals surface area (Å²) in [5, 5.41) is 14.8. The summed E-state index contributed by atoms with van der Waals surface area (Å²) in [6.07, 6.45) is 6.92. The van der Waals surface area contributed by atoms with E-state index in [0.29, 0.717) is 11.7 Å². The molecule has 7 nitrogen and oxygen atoms in total. The van der Waals surface area contributed by atoms with Crippen molar-refractivity contribution in [3.8, 4) is 0 Å². The second-order valence-corrected chi connectivity index (χ2v) is 6.99. The van der Waals surface area contributed by atoms with E-state index < -0.39 is 0 Å². The summed E-state index contributed by atoms with van der Waals surface area (Å²) in [4.78, 5) is 12.6. The number of carbonyl (C=O) groups excluding carboxylic acids is 1.